The predicted octanol–water partition coefficient (Wildman–Crippen LogP) is 5.51. The highest BCUT2D eigenvalue weighted by Gasteiger charge is 2.10. The van der Waals surface area contributed by atoms with Crippen molar-refractivity contribution >= 4 is 15.9 Å². The number of nitrogens with zero attached hydrogens (tertiary/aromatic N) is 4. The highest BCUT2D eigenvalue weighted by Crippen LogP contribution is 2.26. The van der Waals surface area contributed by atoms with Gasteiger partial charge in [0.2, 0.25) is 4.73 Å². The summed E-state index contributed by atoms with van der Waals surface area (Å²) in [5.41, 5.74) is 4.58. The van der Waals surface area contributed by atoms with E-state index in [4.69, 9.17) is 5.26 Å². The summed E-state index contributed by atoms with van der Waals surface area (Å²) in [7, 11) is 0. The largest absolute Gasteiger partial charge is 0.208 e. The van der Waals surface area contributed by atoms with Gasteiger partial charge in [0.1, 0.15) is 0 Å². The van der Waals surface area contributed by atoms with Crippen molar-refractivity contribution in [2.24, 2.45) is 0 Å². The fourth-order valence-electron chi connectivity index (χ4n) is 2.77. The molecule has 0 amide bonds. The van der Waals surface area contributed by atoms with Gasteiger partial charge in [-0.05, 0) is 57.4 Å². The normalized spacial score (nSPS) is 10.4. The van der Waals surface area contributed by atoms with Crippen LogP contribution in [0, 0.1) is 11.3 Å². The number of aromatic nitrogens is 3. The van der Waals surface area contributed by atoms with Gasteiger partial charge in [-0.2, -0.15) is 5.26 Å². The fourth-order valence-corrected chi connectivity index (χ4v) is 3.11. The van der Waals surface area contributed by atoms with Crippen molar-refractivity contribution in [2.75, 3.05) is 0 Å². The topological polar surface area (TPSA) is 62.5 Å². The lowest BCUT2D eigenvalue weighted by atomic mass is 10.0. The number of hydrogen-bond donors (Lipinski definition) is 0. The van der Waals surface area contributed by atoms with Crippen molar-refractivity contribution in [3.05, 3.63) is 89.2 Å². The zero-order valence-corrected chi connectivity index (χ0v) is 15.8. The maximum atomic E-state index is 8.96. The third kappa shape index (κ3) is 3.76. The van der Waals surface area contributed by atoms with E-state index in [1.54, 1.807) is 12.1 Å². The molecular formula is C22H13BrN4. The van der Waals surface area contributed by atoms with Crippen molar-refractivity contribution in [1.82, 2.24) is 15.0 Å². The van der Waals surface area contributed by atoms with Gasteiger partial charge in [-0.3, -0.25) is 0 Å². The monoisotopic (exact) mass is 412 g/mol. The molecule has 0 spiro atoms. The van der Waals surface area contributed by atoms with Crippen molar-refractivity contribution < 1.29 is 0 Å². The summed E-state index contributed by atoms with van der Waals surface area (Å²) in [5, 5.41) is 8.96. The predicted molar refractivity (Wildman–Crippen MR) is 109 cm³/mol. The molecule has 4 nitrogen and oxygen atoms in total. The quantitative estimate of drug-likeness (QED) is 0.445. The fraction of sp³-hybridized carbons (Fsp3) is 0. The molecule has 0 saturated carbocycles. The second kappa shape index (κ2) is 7.48. The maximum absolute atomic E-state index is 8.96. The van der Waals surface area contributed by atoms with Gasteiger partial charge < -0.3 is 0 Å². The van der Waals surface area contributed by atoms with Crippen LogP contribution in [-0.4, -0.2) is 15.0 Å². The first-order valence-corrected chi connectivity index (χ1v) is 9.10. The molecule has 0 N–H and O–H groups in total. The zero-order chi connectivity index (χ0) is 18.6. The van der Waals surface area contributed by atoms with E-state index in [0.717, 1.165) is 22.3 Å². The van der Waals surface area contributed by atoms with Crippen LogP contribution in [0.25, 0.3) is 33.9 Å². The van der Waals surface area contributed by atoms with Crippen LogP contribution in [0.3, 0.4) is 0 Å². The van der Waals surface area contributed by atoms with Crippen LogP contribution in [-0.2, 0) is 0 Å². The van der Waals surface area contributed by atoms with Crippen LogP contribution < -0.4 is 0 Å². The summed E-state index contributed by atoms with van der Waals surface area (Å²) in [6, 6.07) is 27.6. The number of nitriles is 1. The standard InChI is InChI=1S/C22H13BrN4/c23-22-26-20(17-11-9-15(14-24)10-12-17)25-21(27-22)19-8-4-7-18(13-19)16-5-2-1-3-6-16/h1-13H. The molecule has 0 unspecified atom stereocenters. The van der Waals surface area contributed by atoms with Gasteiger partial charge >= 0.3 is 0 Å². The number of benzene rings is 3. The average molecular weight is 413 g/mol. The molecule has 0 saturated heterocycles. The second-order valence-electron chi connectivity index (χ2n) is 5.89. The molecule has 0 radical (unpaired) electrons. The van der Waals surface area contributed by atoms with Gasteiger partial charge in [0.25, 0.3) is 0 Å². The minimum atomic E-state index is 0.469. The summed E-state index contributed by atoms with van der Waals surface area (Å²) < 4.78 is 0.469. The minimum absolute atomic E-state index is 0.469. The summed E-state index contributed by atoms with van der Waals surface area (Å²) in [6.07, 6.45) is 0. The molecule has 0 atom stereocenters. The van der Waals surface area contributed by atoms with E-state index in [1.165, 1.54) is 0 Å². The molecule has 128 valence electrons. The van der Waals surface area contributed by atoms with E-state index in [2.05, 4.69) is 61.2 Å². The van der Waals surface area contributed by atoms with Crippen LogP contribution in [0.5, 0.6) is 0 Å². The Morgan fingerprint density at radius 2 is 1.26 bits per heavy atom. The minimum Gasteiger partial charge on any atom is -0.208 e. The van der Waals surface area contributed by atoms with Crippen molar-refractivity contribution in [3.8, 4) is 40.0 Å². The summed E-state index contributed by atoms with van der Waals surface area (Å²) in [6.45, 7) is 0. The zero-order valence-electron chi connectivity index (χ0n) is 14.2. The average Bonchev–Trinajstić information content (AvgIpc) is 2.74. The number of hydrogen-bond acceptors (Lipinski definition) is 4. The molecule has 1 aromatic heterocycles. The van der Waals surface area contributed by atoms with E-state index in [-0.39, 0.29) is 0 Å². The van der Waals surface area contributed by atoms with E-state index in [0.29, 0.717) is 21.9 Å². The first kappa shape index (κ1) is 17.1. The molecule has 27 heavy (non-hydrogen) atoms. The van der Waals surface area contributed by atoms with E-state index in [9.17, 15) is 0 Å². The molecule has 4 rings (SSSR count). The molecule has 0 fully saturated rings. The van der Waals surface area contributed by atoms with Gasteiger partial charge in [0, 0.05) is 11.1 Å². The van der Waals surface area contributed by atoms with Crippen LogP contribution in [0.1, 0.15) is 5.56 Å². The third-order valence-electron chi connectivity index (χ3n) is 4.11. The van der Waals surface area contributed by atoms with E-state index in [1.807, 2.05) is 42.5 Å². The maximum Gasteiger partial charge on any atom is 0.200 e. The first-order valence-electron chi connectivity index (χ1n) is 8.31. The molecule has 0 aliphatic heterocycles. The van der Waals surface area contributed by atoms with Gasteiger partial charge in [0.05, 0.1) is 11.6 Å². The van der Waals surface area contributed by atoms with Crippen LogP contribution in [0.2, 0.25) is 0 Å². The Bertz CT molecular complexity index is 1130. The second-order valence-corrected chi connectivity index (χ2v) is 6.60. The van der Waals surface area contributed by atoms with Crippen LogP contribution >= 0.6 is 15.9 Å². The van der Waals surface area contributed by atoms with Gasteiger partial charge in [-0.15, -0.1) is 0 Å². The molecule has 0 bridgehead atoms. The lowest BCUT2D eigenvalue weighted by molar-refractivity contribution is 1.03. The van der Waals surface area contributed by atoms with Gasteiger partial charge in [-0.1, -0.05) is 48.5 Å². The number of rotatable bonds is 3. The van der Waals surface area contributed by atoms with Crippen molar-refractivity contribution in [2.45, 2.75) is 0 Å². The third-order valence-corrected chi connectivity index (χ3v) is 4.46. The van der Waals surface area contributed by atoms with Crippen molar-refractivity contribution in [1.29, 1.82) is 5.26 Å². The van der Waals surface area contributed by atoms with Crippen LogP contribution in [0.4, 0.5) is 0 Å². The van der Waals surface area contributed by atoms with E-state index >= 15 is 0 Å². The van der Waals surface area contributed by atoms with Gasteiger partial charge in [-0.25, -0.2) is 15.0 Å². The Morgan fingerprint density at radius 1 is 0.630 bits per heavy atom. The molecule has 3 aromatic carbocycles. The molecule has 5 heteroatoms. The summed E-state index contributed by atoms with van der Waals surface area (Å²) in [4.78, 5) is 13.4. The van der Waals surface area contributed by atoms with Crippen LogP contribution in [0.15, 0.2) is 83.6 Å². The van der Waals surface area contributed by atoms with E-state index < -0.39 is 0 Å². The Labute approximate surface area is 165 Å². The Balaban J connectivity index is 1.76. The molecule has 0 aliphatic carbocycles. The smallest absolute Gasteiger partial charge is 0.200 e. The van der Waals surface area contributed by atoms with Crippen molar-refractivity contribution in [3.63, 3.8) is 0 Å². The SMILES string of the molecule is N#Cc1ccc(-c2nc(Br)nc(-c3cccc(-c4ccccc4)c3)n2)cc1. The molecule has 0 aliphatic rings. The Hall–Kier alpha value is -3.36. The Morgan fingerprint density at radius 3 is 1.96 bits per heavy atom. The summed E-state index contributed by atoms with van der Waals surface area (Å²) >= 11 is 3.38. The Kier molecular flexibility index (Phi) is 4.73. The lowest BCUT2D eigenvalue weighted by Gasteiger charge is -2.07. The molecular weight excluding hydrogens is 400 g/mol. The summed E-state index contributed by atoms with van der Waals surface area (Å²) in [5.74, 6) is 1.15. The van der Waals surface area contributed by atoms with Gasteiger partial charge in [0.15, 0.2) is 11.6 Å². The molecule has 4 aromatic rings. The lowest BCUT2D eigenvalue weighted by Crippen LogP contribution is -1.97. The number of halogens is 1. The first-order chi connectivity index (χ1) is 13.2. The highest BCUT2D eigenvalue weighted by molar-refractivity contribution is 9.10. The highest BCUT2D eigenvalue weighted by atomic mass is 79.9. The molecule has 1 heterocycles.